The largest absolute Gasteiger partial charge is 0.357 e. The van der Waals surface area contributed by atoms with Crippen molar-refractivity contribution in [2.24, 2.45) is 0 Å². The molecular weight excluding hydrogens is 282 g/mol. The average Bonchev–Trinajstić information content (AvgIpc) is 2.63. The molecule has 6 heteroatoms. The van der Waals surface area contributed by atoms with Gasteiger partial charge in [-0.3, -0.25) is 14.4 Å². The highest BCUT2D eigenvalue weighted by Gasteiger charge is 2.34. The number of carbonyl (C=O) groups excluding carboxylic acids is 3. The lowest BCUT2D eigenvalue weighted by Gasteiger charge is -2.29. The molecule has 0 bridgehead atoms. The Hall–Kier alpha value is -2.37. The van der Waals surface area contributed by atoms with Crippen LogP contribution in [0.15, 0.2) is 24.3 Å². The van der Waals surface area contributed by atoms with Gasteiger partial charge in [0.2, 0.25) is 17.7 Å². The molecule has 0 saturated heterocycles. The molecule has 22 heavy (non-hydrogen) atoms. The van der Waals surface area contributed by atoms with Crippen LogP contribution in [0, 0.1) is 0 Å². The van der Waals surface area contributed by atoms with Crippen LogP contribution in [0.4, 0.5) is 0 Å². The summed E-state index contributed by atoms with van der Waals surface area (Å²) in [5, 5.41) is 5.25. The Kier molecular flexibility index (Phi) is 4.80. The predicted octanol–water partition coefficient (Wildman–Crippen LogP) is 0.210. The Morgan fingerprint density at radius 1 is 1.27 bits per heavy atom. The summed E-state index contributed by atoms with van der Waals surface area (Å²) < 4.78 is 0. The van der Waals surface area contributed by atoms with Crippen molar-refractivity contribution < 1.29 is 14.4 Å². The Balaban J connectivity index is 2.38. The van der Waals surface area contributed by atoms with Gasteiger partial charge < -0.3 is 15.5 Å². The first-order valence-corrected chi connectivity index (χ1v) is 7.30. The number of likely N-dealkylation sites (N-methyl/N-ethyl adjacent to an activating group) is 1. The number of nitrogens with zero attached hydrogens (tertiary/aromatic N) is 1. The number of nitrogens with one attached hydrogen (secondary N) is 2. The summed E-state index contributed by atoms with van der Waals surface area (Å²) in [6.45, 7) is 3.44. The van der Waals surface area contributed by atoms with E-state index in [-0.39, 0.29) is 17.7 Å². The Morgan fingerprint density at radius 2 is 1.91 bits per heavy atom. The van der Waals surface area contributed by atoms with E-state index in [0.717, 1.165) is 11.1 Å². The van der Waals surface area contributed by atoms with Gasteiger partial charge in [-0.05, 0) is 18.1 Å². The van der Waals surface area contributed by atoms with Crippen LogP contribution < -0.4 is 10.6 Å². The zero-order valence-corrected chi connectivity index (χ0v) is 13.1. The van der Waals surface area contributed by atoms with Gasteiger partial charge in [0.05, 0.1) is 0 Å². The molecule has 1 aliphatic heterocycles. The molecule has 118 valence electrons. The molecule has 1 aromatic carbocycles. The predicted molar refractivity (Wildman–Crippen MR) is 81.8 cm³/mol. The van der Waals surface area contributed by atoms with Crippen molar-refractivity contribution in [3.63, 3.8) is 0 Å². The van der Waals surface area contributed by atoms with Crippen molar-refractivity contribution in [1.82, 2.24) is 15.5 Å². The van der Waals surface area contributed by atoms with Gasteiger partial charge in [-0.2, -0.15) is 0 Å². The van der Waals surface area contributed by atoms with Gasteiger partial charge in [0, 0.05) is 26.9 Å². The molecule has 0 radical (unpaired) electrons. The van der Waals surface area contributed by atoms with E-state index >= 15 is 0 Å². The van der Waals surface area contributed by atoms with Crippen molar-refractivity contribution in [1.29, 1.82) is 0 Å². The second-order valence-corrected chi connectivity index (χ2v) is 5.48. The third-order valence-corrected chi connectivity index (χ3v) is 3.94. The zero-order chi connectivity index (χ0) is 16.3. The van der Waals surface area contributed by atoms with E-state index in [1.165, 1.54) is 11.8 Å². The molecule has 3 amide bonds. The molecule has 0 fully saturated rings. The van der Waals surface area contributed by atoms with Gasteiger partial charge in [-0.25, -0.2) is 0 Å². The lowest BCUT2D eigenvalue weighted by atomic mass is 10.0. The molecule has 0 spiro atoms. The molecule has 0 aliphatic carbocycles. The summed E-state index contributed by atoms with van der Waals surface area (Å²) in [6, 6.07) is 6.47. The maximum atomic E-state index is 12.7. The fourth-order valence-corrected chi connectivity index (χ4v) is 2.72. The summed E-state index contributed by atoms with van der Waals surface area (Å²) in [7, 11) is 1.54. The summed E-state index contributed by atoms with van der Waals surface area (Å²) in [5.74, 6) is -0.720. The fraction of sp³-hybridized carbons (Fsp3) is 0.438. The summed E-state index contributed by atoms with van der Waals surface area (Å²) >= 11 is 0. The highest BCUT2D eigenvalue weighted by Crippen LogP contribution is 2.21. The van der Waals surface area contributed by atoms with Gasteiger partial charge in [-0.15, -0.1) is 0 Å². The van der Waals surface area contributed by atoms with Crippen LogP contribution in [-0.4, -0.2) is 41.8 Å². The third-order valence-electron chi connectivity index (χ3n) is 3.94. The lowest BCUT2D eigenvalue weighted by molar-refractivity contribution is -0.142. The van der Waals surface area contributed by atoms with E-state index in [0.29, 0.717) is 13.0 Å². The Labute approximate surface area is 129 Å². The Morgan fingerprint density at radius 3 is 2.50 bits per heavy atom. The van der Waals surface area contributed by atoms with Gasteiger partial charge in [0.15, 0.2) is 0 Å². The molecule has 2 rings (SSSR count). The lowest BCUT2D eigenvalue weighted by Crippen LogP contribution is -2.53. The minimum absolute atomic E-state index is 0.227. The first kappa shape index (κ1) is 16.0. The molecule has 1 heterocycles. The summed E-state index contributed by atoms with van der Waals surface area (Å²) in [5.41, 5.74) is 2.01. The number of rotatable bonds is 3. The van der Waals surface area contributed by atoms with E-state index in [2.05, 4.69) is 10.6 Å². The minimum Gasteiger partial charge on any atom is -0.357 e. The number of hydrogen-bond acceptors (Lipinski definition) is 3. The Bertz CT molecular complexity index is 600. The number of amides is 3. The van der Waals surface area contributed by atoms with Crippen molar-refractivity contribution in [2.45, 2.75) is 38.9 Å². The quantitative estimate of drug-likeness (QED) is 0.838. The highest BCUT2D eigenvalue weighted by atomic mass is 16.2. The number of fused-ring (bicyclic) bond motifs is 1. The van der Waals surface area contributed by atoms with Gasteiger partial charge in [-0.1, -0.05) is 24.3 Å². The summed E-state index contributed by atoms with van der Waals surface area (Å²) in [4.78, 5) is 37.6. The van der Waals surface area contributed by atoms with E-state index in [1.54, 1.807) is 14.0 Å². The van der Waals surface area contributed by atoms with Crippen molar-refractivity contribution in [3.8, 4) is 0 Å². The van der Waals surface area contributed by atoms with Crippen LogP contribution in [-0.2, 0) is 27.3 Å². The van der Waals surface area contributed by atoms with Gasteiger partial charge in [0.25, 0.3) is 0 Å². The monoisotopic (exact) mass is 303 g/mol. The van der Waals surface area contributed by atoms with E-state index in [9.17, 15) is 14.4 Å². The van der Waals surface area contributed by atoms with Crippen LogP contribution in [0.3, 0.4) is 0 Å². The molecular formula is C16H21N3O3. The first-order valence-electron chi connectivity index (χ1n) is 7.30. The zero-order valence-electron chi connectivity index (χ0n) is 13.1. The molecule has 6 nitrogen and oxygen atoms in total. The molecule has 1 aromatic rings. The van der Waals surface area contributed by atoms with Crippen LogP contribution >= 0.6 is 0 Å². The topological polar surface area (TPSA) is 78.5 Å². The van der Waals surface area contributed by atoms with Gasteiger partial charge in [0.1, 0.15) is 12.1 Å². The third kappa shape index (κ3) is 3.27. The van der Waals surface area contributed by atoms with Crippen LogP contribution in [0.1, 0.15) is 25.0 Å². The van der Waals surface area contributed by atoms with Crippen LogP contribution in [0.5, 0.6) is 0 Å². The average molecular weight is 303 g/mol. The smallest absolute Gasteiger partial charge is 0.246 e. The van der Waals surface area contributed by atoms with E-state index < -0.39 is 12.1 Å². The number of benzene rings is 1. The SMILES string of the molecule is CNC(=O)[C@@H](C)N1Cc2ccccc2C[C@H](NC(C)=O)C1=O. The maximum absolute atomic E-state index is 12.7. The molecule has 2 N–H and O–H groups in total. The van der Waals surface area contributed by atoms with Crippen molar-refractivity contribution in [3.05, 3.63) is 35.4 Å². The molecule has 0 unspecified atom stereocenters. The standard InChI is InChI=1S/C16H21N3O3/c1-10(15(21)17-3)19-9-13-7-5-4-6-12(13)8-14(16(19)22)18-11(2)20/h4-7,10,14H,8-9H2,1-3H3,(H,17,21)(H,18,20)/t10-,14+/m1/s1. The van der Waals surface area contributed by atoms with Crippen molar-refractivity contribution in [2.75, 3.05) is 7.05 Å². The van der Waals surface area contributed by atoms with E-state index in [4.69, 9.17) is 0 Å². The van der Waals surface area contributed by atoms with E-state index in [1.807, 2.05) is 24.3 Å². The van der Waals surface area contributed by atoms with Gasteiger partial charge >= 0.3 is 0 Å². The van der Waals surface area contributed by atoms with Crippen LogP contribution in [0.25, 0.3) is 0 Å². The second-order valence-electron chi connectivity index (χ2n) is 5.48. The molecule has 1 aliphatic rings. The second kappa shape index (κ2) is 6.60. The molecule has 0 saturated carbocycles. The first-order chi connectivity index (χ1) is 10.4. The normalized spacial score (nSPS) is 19.0. The number of carbonyl (C=O) groups is 3. The van der Waals surface area contributed by atoms with Crippen LogP contribution in [0.2, 0.25) is 0 Å². The molecule has 0 aromatic heterocycles. The minimum atomic E-state index is -0.645. The maximum Gasteiger partial charge on any atom is 0.246 e. The van der Waals surface area contributed by atoms with Crippen molar-refractivity contribution >= 4 is 17.7 Å². The highest BCUT2D eigenvalue weighted by molar-refractivity contribution is 5.92. The number of hydrogen-bond donors (Lipinski definition) is 2. The fourth-order valence-electron chi connectivity index (χ4n) is 2.72. The summed E-state index contributed by atoms with van der Waals surface area (Å²) in [6.07, 6.45) is 0.436. The molecule has 2 atom stereocenters.